The summed E-state index contributed by atoms with van der Waals surface area (Å²) in [6.45, 7) is 0. The van der Waals surface area contributed by atoms with Crippen molar-refractivity contribution in [3.8, 4) is 11.8 Å². The Hall–Kier alpha value is -2.35. The number of carboxylic acid groups (broad SMARTS) is 1. The van der Waals surface area contributed by atoms with E-state index in [0.717, 1.165) is 12.2 Å². The van der Waals surface area contributed by atoms with Crippen LogP contribution in [0, 0.1) is 17.1 Å². The van der Waals surface area contributed by atoms with Crippen molar-refractivity contribution in [2.45, 2.75) is 0 Å². The fourth-order valence-corrected chi connectivity index (χ4v) is 1.14. The second-order valence-corrected chi connectivity index (χ2v) is 2.83. The van der Waals surface area contributed by atoms with Crippen molar-refractivity contribution in [3.05, 3.63) is 35.2 Å². The second-order valence-electron chi connectivity index (χ2n) is 2.83. The molecule has 5 heteroatoms. The predicted octanol–water partition coefficient (Wildman–Crippen LogP) is 1.80. The molecule has 1 N–H and O–H groups in total. The number of nitrogens with zero attached hydrogens (tertiary/aromatic N) is 1. The van der Waals surface area contributed by atoms with Gasteiger partial charge in [-0.25, -0.2) is 9.18 Å². The Balaban J connectivity index is 3.27. The minimum Gasteiger partial charge on any atom is -0.494 e. The molecule has 0 aliphatic rings. The standard InChI is InChI=1S/C11H8FNO3/c1-16-9-4-2-7(3-5-10(14)15)8(6-13)11(9)12/h2-5H,1H3,(H,14,15)/b5-3+. The Bertz CT molecular complexity index is 489. The zero-order valence-electron chi connectivity index (χ0n) is 8.40. The van der Waals surface area contributed by atoms with Crippen LogP contribution in [0.4, 0.5) is 4.39 Å². The smallest absolute Gasteiger partial charge is 0.328 e. The predicted molar refractivity (Wildman–Crippen MR) is 54.3 cm³/mol. The van der Waals surface area contributed by atoms with Crippen molar-refractivity contribution in [2.75, 3.05) is 7.11 Å². The van der Waals surface area contributed by atoms with Crippen LogP contribution in [-0.4, -0.2) is 18.2 Å². The van der Waals surface area contributed by atoms with Gasteiger partial charge in [0.15, 0.2) is 11.6 Å². The molecular formula is C11H8FNO3. The largest absolute Gasteiger partial charge is 0.494 e. The van der Waals surface area contributed by atoms with E-state index in [2.05, 4.69) is 0 Å². The topological polar surface area (TPSA) is 70.3 Å². The Labute approximate surface area is 91.2 Å². The number of nitriles is 1. The highest BCUT2D eigenvalue weighted by Gasteiger charge is 2.12. The van der Waals surface area contributed by atoms with Gasteiger partial charge in [0.1, 0.15) is 6.07 Å². The van der Waals surface area contributed by atoms with Gasteiger partial charge >= 0.3 is 5.97 Å². The van der Waals surface area contributed by atoms with Crippen LogP contribution < -0.4 is 4.74 Å². The van der Waals surface area contributed by atoms with Gasteiger partial charge in [0.05, 0.1) is 12.7 Å². The van der Waals surface area contributed by atoms with Gasteiger partial charge in [-0.1, -0.05) is 0 Å². The van der Waals surface area contributed by atoms with Gasteiger partial charge in [-0.05, 0) is 23.8 Å². The Morgan fingerprint density at radius 2 is 2.31 bits per heavy atom. The number of hydrogen-bond acceptors (Lipinski definition) is 3. The number of ether oxygens (including phenoxy) is 1. The Kier molecular flexibility index (Phi) is 3.62. The average Bonchev–Trinajstić information content (AvgIpc) is 2.26. The first-order valence-electron chi connectivity index (χ1n) is 4.27. The van der Waals surface area contributed by atoms with Gasteiger partial charge in [-0.3, -0.25) is 0 Å². The zero-order chi connectivity index (χ0) is 12.1. The quantitative estimate of drug-likeness (QED) is 0.790. The third-order valence-corrected chi connectivity index (χ3v) is 1.88. The number of methoxy groups -OCH3 is 1. The molecule has 4 nitrogen and oxygen atoms in total. The van der Waals surface area contributed by atoms with Crippen molar-refractivity contribution < 1.29 is 19.0 Å². The maximum atomic E-state index is 13.5. The van der Waals surface area contributed by atoms with Crippen LogP contribution in [0.1, 0.15) is 11.1 Å². The first-order valence-corrected chi connectivity index (χ1v) is 4.27. The molecule has 0 amide bonds. The second kappa shape index (κ2) is 4.94. The molecule has 0 unspecified atom stereocenters. The van der Waals surface area contributed by atoms with Crippen molar-refractivity contribution in [2.24, 2.45) is 0 Å². The highest BCUT2D eigenvalue weighted by Crippen LogP contribution is 2.23. The molecule has 0 spiro atoms. The molecule has 0 fully saturated rings. The monoisotopic (exact) mass is 221 g/mol. The molecule has 0 heterocycles. The molecule has 1 aromatic carbocycles. The number of carbonyl (C=O) groups is 1. The average molecular weight is 221 g/mol. The minimum atomic E-state index is -1.17. The van der Waals surface area contributed by atoms with Crippen molar-refractivity contribution in [1.82, 2.24) is 0 Å². The summed E-state index contributed by atoms with van der Waals surface area (Å²) in [5.74, 6) is -2.01. The van der Waals surface area contributed by atoms with Gasteiger partial charge in [-0.2, -0.15) is 5.26 Å². The SMILES string of the molecule is COc1ccc(/C=C/C(=O)O)c(C#N)c1F. The van der Waals surface area contributed by atoms with Crippen LogP contribution in [0.2, 0.25) is 0 Å². The van der Waals surface area contributed by atoms with E-state index in [0.29, 0.717) is 0 Å². The molecule has 0 radical (unpaired) electrons. The Morgan fingerprint density at radius 1 is 1.62 bits per heavy atom. The summed E-state index contributed by atoms with van der Waals surface area (Å²) in [6, 6.07) is 4.41. The summed E-state index contributed by atoms with van der Waals surface area (Å²) in [5.41, 5.74) is -0.0416. The molecular weight excluding hydrogens is 213 g/mol. The zero-order valence-corrected chi connectivity index (χ0v) is 8.40. The number of halogens is 1. The van der Waals surface area contributed by atoms with E-state index in [1.807, 2.05) is 0 Å². The van der Waals surface area contributed by atoms with E-state index < -0.39 is 11.8 Å². The fraction of sp³-hybridized carbons (Fsp3) is 0.0909. The highest BCUT2D eigenvalue weighted by atomic mass is 19.1. The van der Waals surface area contributed by atoms with Crippen LogP contribution in [-0.2, 0) is 4.79 Å². The lowest BCUT2D eigenvalue weighted by atomic mass is 10.1. The molecule has 1 aromatic rings. The summed E-state index contributed by atoms with van der Waals surface area (Å²) in [7, 11) is 1.28. The summed E-state index contributed by atoms with van der Waals surface area (Å²) in [5, 5.41) is 17.2. The summed E-state index contributed by atoms with van der Waals surface area (Å²) in [6.07, 6.45) is 1.99. The fourth-order valence-electron chi connectivity index (χ4n) is 1.14. The van der Waals surface area contributed by atoms with Crippen LogP contribution in [0.3, 0.4) is 0 Å². The molecule has 0 saturated carbocycles. The molecule has 16 heavy (non-hydrogen) atoms. The van der Waals surface area contributed by atoms with Crippen molar-refractivity contribution >= 4 is 12.0 Å². The van der Waals surface area contributed by atoms with E-state index in [9.17, 15) is 9.18 Å². The van der Waals surface area contributed by atoms with Gasteiger partial charge in [0.2, 0.25) is 0 Å². The van der Waals surface area contributed by atoms with Gasteiger partial charge in [0.25, 0.3) is 0 Å². The molecule has 0 aliphatic heterocycles. The van der Waals surface area contributed by atoms with Crippen LogP contribution in [0.25, 0.3) is 6.08 Å². The molecule has 0 aliphatic carbocycles. The third kappa shape index (κ3) is 2.36. The summed E-state index contributed by atoms with van der Waals surface area (Å²) >= 11 is 0. The number of rotatable bonds is 3. The normalized spacial score (nSPS) is 10.1. The first kappa shape index (κ1) is 11.7. The summed E-state index contributed by atoms with van der Waals surface area (Å²) < 4.78 is 18.2. The van der Waals surface area contributed by atoms with E-state index in [1.54, 1.807) is 6.07 Å². The van der Waals surface area contributed by atoms with Gasteiger partial charge in [0, 0.05) is 6.08 Å². The molecule has 0 saturated heterocycles. The van der Waals surface area contributed by atoms with E-state index in [4.69, 9.17) is 15.1 Å². The molecule has 0 atom stereocenters. The van der Waals surface area contributed by atoms with E-state index >= 15 is 0 Å². The van der Waals surface area contributed by atoms with E-state index in [1.165, 1.54) is 19.2 Å². The molecule has 82 valence electrons. The summed E-state index contributed by atoms with van der Waals surface area (Å²) in [4.78, 5) is 10.3. The van der Waals surface area contributed by atoms with Gasteiger partial charge < -0.3 is 9.84 Å². The lowest BCUT2D eigenvalue weighted by Gasteiger charge is -2.04. The number of benzene rings is 1. The van der Waals surface area contributed by atoms with Crippen molar-refractivity contribution in [3.63, 3.8) is 0 Å². The molecule has 0 bridgehead atoms. The lowest BCUT2D eigenvalue weighted by molar-refractivity contribution is -0.131. The Morgan fingerprint density at radius 3 is 2.81 bits per heavy atom. The number of hydrogen-bond donors (Lipinski definition) is 1. The van der Waals surface area contributed by atoms with Crippen molar-refractivity contribution in [1.29, 1.82) is 5.26 Å². The van der Waals surface area contributed by atoms with Crippen LogP contribution >= 0.6 is 0 Å². The van der Waals surface area contributed by atoms with Crippen LogP contribution in [0.5, 0.6) is 5.75 Å². The number of aliphatic carboxylic acids is 1. The maximum absolute atomic E-state index is 13.5. The minimum absolute atomic E-state index is 0.0518. The first-order chi connectivity index (χ1) is 7.60. The molecule has 0 aromatic heterocycles. The number of carboxylic acids is 1. The van der Waals surface area contributed by atoms with Gasteiger partial charge in [-0.15, -0.1) is 0 Å². The molecule has 1 rings (SSSR count). The highest BCUT2D eigenvalue weighted by molar-refractivity contribution is 5.85. The third-order valence-electron chi connectivity index (χ3n) is 1.88. The van der Waals surface area contributed by atoms with Crippen LogP contribution in [0.15, 0.2) is 18.2 Å². The lowest BCUT2D eigenvalue weighted by Crippen LogP contribution is -1.95. The maximum Gasteiger partial charge on any atom is 0.328 e. The van der Waals surface area contributed by atoms with E-state index in [-0.39, 0.29) is 16.9 Å².